The van der Waals surface area contributed by atoms with Crippen LogP contribution in [-0.2, 0) is 0 Å². The molecule has 0 radical (unpaired) electrons. The van der Waals surface area contributed by atoms with Gasteiger partial charge in [0, 0.05) is 6.54 Å². The van der Waals surface area contributed by atoms with Gasteiger partial charge in [0.1, 0.15) is 0 Å². The van der Waals surface area contributed by atoms with Gasteiger partial charge in [0.25, 0.3) is 0 Å². The zero-order valence-electron chi connectivity index (χ0n) is 10.1. The van der Waals surface area contributed by atoms with Gasteiger partial charge in [-0.05, 0) is 17.5 Å². The van der Waals surface area contributed by atoms with Crippen LogP contribution in [0.15, 0.2) is 29.3 Å². The van der Waals surface area contributed by atoms with Crippen LogP contribution in [0.2, 0.25) is 0 Å². The molecule has 1 saturated heterocycles. The van der Waals surface area contributed by atoms with Crippen molar-refractivity contribution in [3.8, 4) is 0 Å². The van der Waals surface area contributed by atoms with E-state index in [2.05, 4.69) is 30.2 Å². The van der Waals surface area contributed by atoms with Crippen LogP contribution in [0, 0.1) is 0 Å². The van der Waals surface area contributed by atoms with Gasteiger partial charge in [0.05, 0.1) is 12.2 Å². The molecule has 2 rings (SSSR count). The first-order chi connectivity index (χ1) is 7.68. The SMILES string of the molecule is Br.CC(C)c1ccccc1/N=C1\NCCN1O. The number of hydrogen-bond donors (Lipinski definition) is 2. The maximum atomic E-state index is 9.52. The van der Waals surface area contributed by atoms with Crippen molar-refractivity contribution < 1.29 is 5.21 Å². The topological polar surface area (TPSA) is 47.9 Å². The van der Waals surface area contributed by atoms with E-state index in [0.717, 1.165) is 17.3 Å². The van der Waals surface area contributed by atoms with Crippen molar-refractivity contribution in [2.24, 2.45) is 4.99 Å². The molecule has 1 aromatic rings. The molecule has 0 aliphatic carbocycles. The molecule has 0 bridgehead atoms. The summed E-state index contributed by atoms with van der Waals surface area (Å²) in [6.45, 7) is 5.59. The Morgan fingerprint density at radius 1 is 1.35 bits per heavy atom. The summed E-state index contributed by atoms with van der Waals surface area (Å²) in [4.78, 5) is 4.44. The van der Waals surface area contributed by atoms with E-state index in [9.17, 15) is 5.21 Å². The molecule has 0 aromatic heterocycles. The van der Waals surface area contributed by atoms with Gasteiger partial charge >= 0.3 is 0 Å². The molecule has 0 atom stereocenters. The minimum atomic E-state index is 0. The second kappa shape index (κ2) is 6.02. The summed E-state index contributed by atoms with van der Waals surface area (Å²) in [5.41, 5.74) is 2.11. The lowest BCUT2D eigenvalue weighted by Crippen LogP contribution is -2.26. The molecule has 5 heteroatoms. The summed E-state index contributed by atoms with van der Waals surface area (Å²) < 4.78 is 0. The third-order valence-electron chi connectivity index (χ3n) is 2.64. The standard InChI is InChI=1S/C12H17N3O.BrH/c1-9(2)10-5-3-4-6-11(10)14-12-13-7-8-15(12)16;/h3-6,9,16H,7-8H2,1-2H3,(H,13,14);1H. The molecule has 1 aromatic carbocycles. The van der Waals surface area contributed by atoms with Crippen LogP contribution in [-0.4, -0.2) is 29.3 Å². The van der Waals surface area contributed by atoms with E-state index < -0.39 is 0 Å². The summed E-state index contributed by atoms with van der Waals surface area (Å²) in [7, 11) is 0. The van der Waals surface area contributed by atoms with Crippen LogP contribution in [0.4, 0.5) is 5.69 Å². The van der Waals surface area contributed by atoms with Crippen molar-refractivity contribution in [2.75, 3.05) is 13.1 Å². The van der Waals surface area contributed by atoms with Gasteiger partial charge in [0.15, 0.2) is 0 Å². The van der Waals surface area contributed by atoms with Gasteiger partial charge in [-0.3, -0.25) is 5.21 Å². The number of guanidine groups is 1. The molecule has 4 nitrogen and oxygen atoms in total. The Morgan fingerprint density at radius 2 is 2.06 bits per heavy atom. The maximum Gasteiger partial charge on any atom is 0.223 e. The molecule has 0 saturated carbocycles. The van der Waals surface area contributed by atoms with Crippen molar-refractivity contribution in [1.82, 2.24) is 10.4 Å². The first-order valence-electron chi connectivity index (χ1n) is 5.56. The zero-order chi connectivity index (χ0) is 11.5. The lowest BCUT2D eigenvalue weighted by molar-refractivity contribution is -0.00126. The summed E-state index contributed by atoms with van der Waals surface area (Å²) in [6, 6.07) is 8.01. The molecule has 0 spiro atoms. The fraction of sp³-hybridized carbons (Fsp3) is 0.417. The van der Waals surface area contributed by atoms with E-state index in [1.165, 1.54) is 5.56 Å². The molecule has 2 N–H and O–H groups in total. The highest BCUT2D eigenvalue weighted by Gasteiger charge is 2.16. The van der Waals surface area contributed by atoms with E-state index in [1.54, 1.807) is 0 Å². The van der Waals surface area contributed by atoms with Gasteiger partial charge in [0.2, 0.25) is 5.96 Å². The highest BCUT2D eigenvalue weighted by Crippen LogP contribution is 2.26. The van der Waals surface area contributed by atoms with Crippen molar-refractivity contribution in [1.29, 1.82) is 0 Å². The molecule has 0 unspecified atom stereocenters. The predicted molar refractivity (Wildman–Crippen MR) is 74.4 cm³/mol. The Balaban J connectivity index is 0.00000144. The number of hydroxylamine groups is 2. The van der Waals surface area contributed by atoms with Gasteiger partial charge in [-0.25, -0.2) is 10.1 Å². The predicted octanol–water partition coefficient (Wildman–Crippen LogP) is 2.67. The third-order valence-corrected chi connectivity index (χ3v) is 2.64. The van der Waals surface area contributed by atoms with Crippen molar-refractivity contribution in [2.45, 2.75) is 19.8 Å². The highest BCUT2D eigenvalue weighted by molar-refractivity contribution is 8.93. The van der Waals surface area contributed by atoms with Crippen LogP contribution in [0.3, 0.4) is 0 Å². The molecule has 1 fully saturated rings. The van der Waals surface area contributed by atoms with Gasteiger partial charge < -0.3 is 5.32 Å². The molecule has 1 heterocycles. The molecule has 0 amide bonds. The summed E-state index contributed by atoms with van der Waals surface area (Å²) in [5.74, 6) is 0.960. The Hall–Kier alpha value is -1.07. The average molecular weight is 300 g/mol. The molecule has 1 aliphatic heterocycles. The number of para-hydroxylation sites is 1. The van der Waals surface area contributed by atoms with Gasteiger partial charge in [-0.1, -0.05) is 32.0 Å². The minimum absolute atomic E-state index is 0. The Labute approximate surface area is 112 Å². The van der Waals surface area contributed by atoms with Gasteiger partial charge in [-0.15, -0.1) is 17.0 Å². The Morgan fingerprint density at radius 3 is 2.65 bits per heavy atom. The summed E-state index contributed by atoms with van der Waals surface area (Å²) in [5, 5.41) is 13.7. The molecular formula is C12H18BrN3O. The monoisotopic (exact) mass is 299 g/mol. The van der Waals surface area contributed by atoms with Crippen molar-refractivity contribution >= 4 is 28.6 Å². The number of hydrogen-bond acceptors (Lipinski definition) is 2. The van der Waals surface area contributed by atoms with Gasteiger partial charge in [-0.2, -0.15) is 0 Å². The minimum Gasteiger partial charge on any atom is -0.352 e. The first kappa shape index (κ1) is 14.0. The summed E-state index contributed by atoms with van der Waals surface area (Å²) >= 11 is 0. The van der Waals surface area contributed by atoms with Crippen LogP contribution in [0.5, 0.6) is 0 Å². The number of benzene rings is 1. The second-order valence-corrected chi connectivity index (χ2v) is 4.20. The number of halogens is 1. The fourth-order valence-corrected chi connectivity index (χ4v) is 1.76. The molecular weight excluding hydrogens is 282 g/mol. The summed E-state index contributed by atoms with van der Waals surface area (Å²) in [6.07, 6.45) is 0. The first-order valence-corrected chi connectivity index (χ1v) is 5.56. The van der Waals surface area contributed by atoms with Crippen LogP contribution < -0.4 is 5.32 Å². The van der Waals surface area contributed by atoms with E-state index in [1.807, 2.05) is 18.2 Å². The molecule has 94 valence electrons. The largest absolute Gasteiger partial charge is 0.352 e. The van der Waals surface area contributed by atoms with Crippen LogP contribution in [0.1, 0.15) is 25.3 Å². The lowest BCUT2D eigenvalue weighted by Gasteiger charge is -2.11. The Kier molecular flexibility index (Phi) is 4.96. The third kappa shape index (κ3) is 3.20. The van der Waals surface area contributed by atoms with E-state index in [0.29, 0.717) is 18.4 Å². The average Bonchev–Trinajstić information content (AvgIpc) is 2.65. The fourth-order valence-electron chi connectivity index (χ4n) is 1.76. The molecule has 1 aliphatic rings. The maximum absolute atomic E-state index is 9.52. The van der Waals surface area contributed by atoms with E-state index in [4.69, 9.17) is 0 Å². The quantitative estimate of drug-likeness (QED) is 0.883. The van der Waals surface area contributed by atoms with E-state index >= 15 is 0 Å². The number of nitrogens with zero attached hydrogens (tertiary/aromatic N) is 2. The second-order valence-electron chi connectivity index (χ2n) is 4.20. The Bertz CT molecular complexity index is 406. The van der Waals surface area contributed by atoms with E-state index in [-0.39, 0.29) is 17.0 Å². The molecule has 17 heavy (non-hydrogen) atoms. The smallest absolute Gasteiger partial charge is 0.223 e. The van der Waals surface area contributed by atoms with Crippen LogP contribution in [0.25, 0.3) is 0 Å². The lowest BCUT2D eigenvalue weighted by atomic mass is 10.0. The normalized spacial score (nSPS) is 17.2. The highest BCUT2D eigenvalue weighted by atomic mass is 79.9. The number of rotatable bonds is 2. The van der Waals surface area contributed by atoms with Crippen LogP contribution >= 0.6 is 17.0 Å². The number of nitrogens with one attached hydrogen (secondary N) is 1. The zero-order valence-corrected chi connectivity index (χ0v) is 11.8. The number of aliphatic imine (C=N–C) groups is 1. The van der Waals surface area contributed by atoms with Crippen molar-refractivity contribution in [3.05, 3.63) is 29.8 Å². The van der Waals surface area contributed by atoms with Crippen molar-refractivity contribution in [3.63, 3.8) is 0 Å².